The van der Waals surface area contributed by atoms with Gasteiger partial charge in [0.2, 0.25) is 5.91 Å². The van der Waals surface area contributed by atoms with Crippen LogP contribution in [-0.4, -0.2) is 36.1 Å². The zero-order valence-electron chi connectivity index (χ0n) is 18.3. The number of amides is 1. The van der Waals surface area contributed by atoms with Crippen LogP contribution in [-0.2, 0) is 30.2 Å². The molecule has 1 aliphatic rings. The highest BCUT2D eigenvalue weighted by Gasteiger charge is 2.20. The molecule has 0 saturated carbocycles. The second kappa shape index (κ2) is 11.7. The maximum absolute atomic E-state index is 13.6. The molecule has 3 rings (SSSR count). The van der Waals surface area contributed by atoms with Crippen LogP contribution in [0.3, 0.4) is 0 Å². The number of hydrogen-bond acceptors (Lipinski definition) is 3. The largest absolute Gasteiger partial charge is 0.357 e. The van der Waals surface area contributed by atoms with E-state index in [1.54, 1.807) is 17.8 Å². The van der Waals surface area contributed by atoms with Crippen LogP contribution in [0, 0.1) is 5.82 Å². The summed E-state index contributed by atoms with van der Waals surface area (Å²) in [5, 5.41) is 6.65. The van der Waals surface area contributed by atoms with Crippen molar-refractivity contribution in [2.24, 2.45) is 4.99 Å². The van der Waals surface area contributed by atoms with Crippen LogP contribution < -0.4 is 10.6 Å². The lowest BCUT2D eigenvalue weighted by atomic mass is 10.1. The molecule has 1 aliphatic heterocycles. The number of guanidine groups is 1. The van der Waals surface area contributed by atoms with E-state index in [9.17, 15) is 9.18 Å². The van der Waals surface area contributed by atoms with Crippen molar-refractivity contribution < 1.29 is 9.18 Å². The summed E-state index contributed by atoms with van der Waals surface area (Å²) in [5.74, 6) is 1.51. The first-order valence-electron chi connectivity index (χ1n) is 10.7. The van der Waals surface area contributed by atoms with Crippen molar-refractivity contribution in [3.63, 3.8) is 0 Å². The number of nitrogens with zero attached hydrogens (tertiary/aromatic N) is 2. The molecular formula is C24H31FN4OS. The van der Waals surface area contributed by atoms with Gasteiger partial charge in [-0.3, -0.25) is 4.79 Å². The Morgan fingerprint density at radius 1 is 1.13 bits per heavy atom. The third-order valence-electron chi connectivity index (χ3n) is 5.32. The van der Waals surface area contributed by atoms with E-state index in [1.807, 2.05) is 36.3 Å². The number of carbonyl (C=O) groups excluding carboxylic acids is 1. The Kier molecular flexibility index (Phi) is 8.76. The highest BCUT2D eigenvalue weighted by molar-refractivity contribution is 7.97. The lowest BCUT2D eigenvalue weighted by Crippen LogP contribution is -2.37. The number of rotatable bonds is 9. The zero-order valence-corrected chi connectivity index (χ0v) is 19.1. The van der Waals surface area contributed by atoms with Gasteiger partial charge in [0.1, 0.15) is 5.82 Å². The fourth-order valence-electron chi connectivity index (χ4n) is 3.68. The normalized spacial score (nSPS) is 14.2. The second-order valence-corrected chi connectivity index (χ2v) is 8.45. The molecular weight excluding hydrogens is 411 g/mol. The number of likely N-dealkylation sites (tertiary alicyclic amines) is 1. The molecule has 1 heterocycles. The SMILES string of the molecule is CCNC(=NCc1ccccc1CN1CCCC1=O)NCc1ccc(F)cc1CSC. The van der Waals surface area contributed by atoms with Gasteiger partial charge in [-0.05, 0) is 54.0 Å². The van der Waals surface area contributed by atoms with E-state index in [2.05, 4.69) is 22.8 Å². The van der Waals surface area contributed by atoms with E-state index in [0.717, 1.165) is 47.5 Å². The zero-order chi connectivity index (χ0) is 22.1. The first-order chi connectivity index (χ1) is 15.1. The minimum atomic E-state index is -0.207. The van der Waals surface area contributed by atoms with Gasteiger partial charge in [-0.25, -0.2) is 9.38 Å². The number of nitrogens with one attached hydrogen (secondary N) is 2. The summed E-state index contributed by atoms with van der Waals surface area (Å²) in [6.45, 7) is 5.34. The van der Waals surface area contributed by atoms with Gasteiger partial charge in [-0.15, -0.1) is 0 Å². The van der Waals surface area contributed by atoms with E-state index in [4.69, 9.17) is 4.99 Å². The van der Waals surface area contributed by atoms with Gasteiger partial charge in [-0.2, -0.15) is 11.8 Å². The number of benzene rings is 2. The minimum absolute atomic E-state index is 0.207. The third kappa shape index (κ3) is 6.72. The third-order valence-corrected chi connectivity index (χ3v) is 5.92. The van der Waals surface area contributed by atoms with Crippen molar-refractivity contribution in [1.29, 1.82) is 0 Å². The van der Waals surface area contributed by atoms with Crippen LogP contribution >= 0.6 is 11.8 Å². The first-order valence-corrected chi connectivity index (χ1v) is 12.1. The molecule has 0 radical (unpaired) electrons. The van der Waals surface area contributed by atoms with Crippen LogP contribution in [0.15, 0.2) is 47.5 Å². The lowest BCUT2D eigenvalue weighted by Gasteiger charge is -2.18. The first kappa shape index (κ1) is 23.1. The summed E-state index contributed by atoms with van der Waals surface area (Å²) in [6, 6.07) is 13.1. The monoisotopic (exact) mass is 442 g/mol. The van der Waals surface area contributed by atoms with E-state index in [0.29, 0.717) is 32.0 Å². The highest BCUT2D eigenvalue weighted by Crippen LogP contribution is 2.18. The van der Waals surface area contributed by atoms with Gasteiger partial charge in [0.05, 0.1) is 6.54 Å². The predicted octanol–water partition coefficient (Wildman–Crippen LogP) is 4.07. The maximum Gasteiger partial charge on any atom is 0.222 e. The van der Waals surface area contributed by atoms with E-state index in [-0.39, 0.29) is 11.7 Å². The van der Waals surface area contributed by atoms with Crippen molar-refractivity contribution in [2.75, 3.05) is 19.3 Å². The van der Waals surface area contributed by atoms with Crippen LogP contribution in [0.2, 0.25) is 0 Å². The molecule has 1 saturated heterocycles. The molecule has 0 aliphatic carbocycles. The molecule has 5 nitrogen and oxygen atoms in total. The van der Waals surface area contributed by atoms with E-state index in [1.165, 1.54) is 6.07 Å². The fraction of sp³-hybridized carbons (Fsp3) is 0.417. The van der Waals surface area contributed by atoms with Gasteiger partial charge in [0.15, 0.2) is 5.96 Å². The summed E-state index contributed by atoms with van der Waals surface area (Å²) in [5.41, 5.74) is 4.31. The molecule has 0 spiro atoms. The Hall–Kier alpha value is -2.54. The molecule has 0 unspecified atom stereocenters. The lowest BCUT2D eigenvalue weighted by molar-refractivity contribution is -0.128. The molecule has 31 heavy (non-hydrogen) atoms. The summed E-state index contributed by atoms with van der Waals surface area (Å²) in [4.78, 5) is 18.7. The Bertz CT molecular complexity index is 918. The molecule has 7 heteroatoms. The van der Waals surface area contributed by atoms with Gasteiger partial charge in [-0.1, -0.05) is 30.3 Å². The topological polar surface area (TPSA) is 56.7 Å². The van der Waals surface area contributed by atoms with E-state index >= 15 is 0 Å². The quantitative estimate of drug-likeness (QED) is 0.454. The molecule has 0 bridgehead atoms. The Labute approximate surface area is 188 Å². The summed E-state index contributed by atoms with van der Waals surface area (Å²) >= 11 is 1.68. The van der Waals surface area contributed by atoms with E-state index < -0.39 is 0 Å². The smallest absolute Gasteiger partial charge is 0.222 e. The molecule has 1 fully saturated rings. The summed E-state index contributed by atoms with van der Waals surface area (Å²) in [7, 11) is 0. The Balaban J connectivity index is 1.68. The molecule has 166 valence electrons. The number of hydrogen-bond donors (Lipinski definition) is 2. The number of thioether (sulfide) groups is 1. The molecule has 2 N–H and O–H groups in total. The average molecular weight is 443 g/mol. The number of carbonyl (C=O) groups is 1. The molecule has 1 amide bonds. The predicted molar refractivity (Wildman–Crippen MR) is 126 cm³/mol. The van der Waals surface area contributed by atoms with Crippen LogP contribution in [0.5, 0.6) is 0 Å². The minimum Gasteiger partial charge on any atom is -0.357 e. The number of halogens is 1. The van der Waals surface area contributed by atoms with Crippen LogP contribution in [0.25, 0.3) is 0 Å². The van der Waals surface area contributed by atoms with Crippen molar-refractivity contribution in [2.45, 2.75) is 45.2 Å². The van der Waals surface area contributed by atoms with Crippen molar-refractivity contribution in [1.82, 2.24) is 15.5 Å². The van der Waals surface area contributed by atoms with Crippen LogP contribution in [0.4, 0.5) is 4.39 Å². The fourth-order valence-corrected chi connectivity index (χ4v) is 4.26. The van der Waals surface area contributed by atoms with Crippen LogP contribution in [0.1, 0.15) is 42.0 Å². The average Bonchev–Trinajstić information content (AvgIpc) is 3.17. The van der Waals surface area contributed by atoms with Crippen molar-refractivity contribution >= 4 is 23.6 Å². The Morgan fingerprint density at radius 2 is 1.94 bits per heavy atom. The standard InChI is InChI=1S/C24H31FN4OS/c1-3-26-24(28-15-19-10-11-22(25)13-21(19)17-31-2)27-14-18-7-4-5-8-20(18)16-29-12-6-9-23(29)30/h4-5,7-8,10-11,13H,3,6,9,12,14-17H2,1-2H3,(H2,26,27,28). The highest BCUT2D eigenvalue weighted by atomic mass is 32.2. The van der Waals surface area contributed by atoms with Crippen molar-refractivity contribution in [3.05, 3.63) is 70.5 Å². The van der Waals surface area contributed by atoms with Gasteiger partial charge in [0, 0.05) is 38.4 Å². The van der Waals surface area contributed by atoms with Crippen molar-refractivity contribution in [3.8, 4) is 0 Å². The van der Waals surface area contributed by atoms with Gasteiger partial charge < -0.3 is 15.5 Å². The Morgan fingerprint density at radius 3 is 2.65 bits per heavy atom. The van der Waals surface area contributed by atoms with Gasteiger partial charge in [0.25, 0.3) is 0 Å². The second-order valence-electron chi connectivity index (χ2n) is 7.58. The number of aliphatic imine (C=N–C) groups is 1. The molecule has 2 aromatic rings. The molecule has 0 aromatic heterocycles. The molecule has 0 atom stereocenters. The van der Waals surface area contributed by atoms with Gasteiger partial charge >= 0.3 is 0 Å². The maximum atomic E-state index is 13.6. The summed E-state index contributed by atoms with van der Waals surface area (Å²) < 4.78 is 13.6. The summed E-state index contributed by atoms with van der Waals surface area (Å²) in [6.07, 6.45) is 3.60. The molecule has 2 aromatic carbocycles.